The first-order valence-corrected chi connectivity index (χ1v) is 10.1. The number of nitro groups is 1. The number of nitrogens with zero attached hydrogens (tertiary/aromatic N) is 5. The van der Waals surface area contributed by atoms with Crippen molar-refractivity contribution in [3.63, 3.8) is 0 Å². The molecule has 29 heavy (non-hydrogen) atoms. The minimum absolute atomic E-state index is 0.188. The van der Waals surface area contributed by atoms with Crippen molar-refractivity contribution in [2.24, 2.45) is 0 Å². The zero-order chi connectivity index (χ0) is 20.1. The van der Waals surface area contributed by atoms with Crippen molar-refractivity contribution in [1.29, 1.82) is 0 Å². The molecule has 0 saturated carbocycles. The number of benzene rings is 1. The summed E-state index contributed by atoms with van der Waals surface area (Å²) in [5.41, 5.74) is 0.948. The van der Waals surface area contributed by atoms with E-state index in [9.17, 15) is 10.1 Å². The van der Waals surface area contributed by atoms with E-state index in [0.29, 0.717) is 19.8 Å². The molecule has 9 nitrogen and oxygen atoms in total. The van der Waals surface area contributed by atoms with Crippen molar-refractivity contribution < 1.29 is 9.66 Å². The van der Waals surface area contributed by atoms with Crippen LogP contribution in [0, 0.1) is 10.1 Å². The molecule has 1 atom stereocenters. The van der Waals surface area contributed by atoms with Crippen LogP contribution in [0.2, 0.25) is 0 Å². The lowest BCUT2D eigenvalue weighted by molar-refractivity contribution is -0.385. The smallest absolute Gasteiger partial charge is 0.273 e. The lowest BCUT2D eigenvalue weighted by Gasteiger charge is -2.33. The molecule has 1 aromatic heterocycles. The van der Waals surface area contributed by atoms with Gasteiger partial charge < -0.3 is 15.0 Å². The Bertz CT molecular complexity index is 842. The Balaban J connectivity index is 1.39. The molecular weight excluding hydrogens is 372 g/mol. The first-order chi connectivity index (χ1) is 14.2. The summed E-state index contributed by atoms with van der Waals surface area (Å²) in [5.74, 6) is 1.55. The van der Waals surface area contributed by atoms with Crippen LogP contribution in [-0.4, -0.2) is 65.2 Å². The molecule has 0 radical (unpaired) electrons. The number of likely N-dealkylation sites (tertiary alicyclic amines) is 1. The quantitative estimate of drug-likeness (QED) is 0.585. The van der Waals surface area contributed by atoms with Crippen LogP contribution < -0.4 is 10.2 Å². The summed E-state index contributed by atoms with van der Waals surface area (Å²) in [5, 5.41) is 14.8. The van der Waals surface area contributed by atoms with E-state index in [0.717, 1.165) is 56.4 Å². The fraction of sp³-hybridized carbons (Fsp3) is 0.500. The number of nitro benzene ring substituents is 1. The highest BCUT2D eigenvalue weighted by molar-refractivity contribution is 5.42. The van der Waals surface area contributed by atoms with Gasteiger partial charge in [-0.25, -0.2) is 4.98 Å². The number of rotatable bonds is 6. The number of anilines is 2. The summed E-state index contributed by atoms with van der Waals surface area (Å²) < 4.78 is 5.40. The Morgan fingerprint density at radius 2 is 2.03 bits per heavy atom. The molecule has 0 bridgehead atoms. The molecule has 0 amide bonds. The highest BCUT2D eigenvalue weighted by Crippen LogP contribution is 2.23. The number of hydrogen-bond acceptors (Lipinski definition) is 8. The summed E-state index contributed by atoms with van der Waals surface area (Å²) in [6.45, 7) is 5.34. The predicted octanol–water partition coefficient (Wildman–Crippen LogP) is 2.30. The van der Waals surface area contributed by atoms with Gasteiger partial charge in [-0.3, -0.25) is 15.0 Å². The Labute approximate surface area is 169 Å². The summed E-state index contributed by atoms with van der Waals surface area (Å²) in [6, 6.07) is 9.13. The molecule has 2 saturated heterocycles. The van der Waals surface area contributed by atoms with Crippen molar-refractivity contribution in [1.82, 2.24) is 14.9 Å². The summed E-state index contributed by atoms with van der Waals surface area (Å²) in [7, 11) is 0. The van der Waals surface area contributed by atoms with Crippen molar-refractivity contribution in [2.45, 2.75) is 25.4 Å². The maximum absolute atomic E-state index is 11.3. The zero-order valence-corrected chi connectivity index (χ0v) is 16.4. The standard InChI is InChI=1S/C20H26N6O3/c27-26(28)18-6-2-1-4-16(18)14-24-9-3-5-17(15-24)22-19-7-8-21-20(23-19)25-10-12-29-13-11-25/h1-2,4,6-8,17H,3,5,9-15H2,(H,21,22,23). The number of aromatic nitrogens is 2. The van der Waals surface area contributed by atoms with Crippen LogP contribution in [0.15, 0.2) is 36.5 Å². The normalized spacial score (nSPS) is 20.4. The van der Waals surface area contributed by atoms with E-state index in [1.807, 2.05) is 18.2 Å². The van der Waals surface area contributed by atoms with E-state index in [2.05, 4.69) is 25.1 Å². The minimum Gasteiger partial charge on any atom is -0.378 e. The van der Waals surface area contributed by atoms with Gasteiger partial charge in [0.15, 0.2) is 0 Å². The molecule has 2 aliphatic rings. The molecule has 1 aromatic carbocycles. The molecule has 2 aliphatic heterocycles. The van der Waals surface area contributed by atoms with Crippen molar-refractivity contribution in [3.05, 3.63) is 52.2 Å². The predicted molar refractivity (Wildman–Crippen MR) is 110 cm³/mol. The van der Waals surface area contributed by atoms with E-state index in [4.69, 9.17) is 4.74 Å². The van der Waals surface area contributed by atoms with Gasteiger partial charge in [0.05, 0.1) is 18.1 Å². The molecule has 0 aliphatic carbocycles. The van der Waals surface area contributed by atoms with E-state index in [1.165, 1.54) is 0 Å². The number of hydrogen-bond donors (Lipinski definition) is 1. The van der Waals surface area contributed by atoms with E-state index >= 15 is 0 Å². The van der Waals surface area contributed by atoms with Crippen molar-refractivity contribution >= 4 is 17.5 Å². The molecule has 9 heteroatoms. The Kier molecular flexibility index (Phi) is 6.16. The third-order valence-electron chi connectivity index (χ3n) is 5.38. The fourth-order valence-electron chi connectivity index (χ4n) is 3.93. The lowest BCUT2D eigenvalue weighted by atomic mass is 10.0. The average Bonchev–Trinajstić information content (AvgIpc) is 2.75. The second-order valence-corrected chi connectivity index (χ2v) is 7.45. The lowest BCUT2D eigenvalue weighted by Crippen LogP contribution is -2.42. The van der Waals surface area contributed by atoms with Crippen LogP contribution in [0.5, 0.6) is 0 Å². The number of piperidine rings is 1. The highest BCUT2D eigenvalue weighted by atomic mass is 16.6. The molecule has 3 heterocycles. The van der Waals surface area contributed by atoms with Crippen LogP contribution in [0.3, 0.4) is 0 Å². The first-order valence-electron chi connectivity index (χ1n) is 10.1. The molecule has 2 aromatic rings. The van der Waals surface area contributed by atoms with Crippen molar-refractivity contribution in [3.8, 4) is 0 Å². The number of ether oxygens (including phenoxy) is 1. The molecule has 0 spiro atoms. The summed E-state index contributed by atoms with van der Waals surface area (Å²) in [6.07, 6.45) is 3.87. The average molecular weight is 398 g/mol. The van der Waals surface area contributed by atoms with Gasteiger partial charge in [0.2, 0.25) is 5.95 Å². The van der Waals surface area contributed by atoms with Crippen molar-refractivity contribution in [2.75, 3.05) is 49.6 Å². The van der Waals surface area contributed by atoms with Gasteiger partial charge in [-0.2, -0.15) is 4.98 Å². The number of morpholine rings is 1. The molecule has 1 N–H and O–H groups in total. The second kappa shape index (κ2) is 9.15. The SMILES string of the molecule is O=[N+]([O-])c1ccccc1CN1CCCC(Nc2ccnc(N3CCOCC3)n2)C1. The topological polar surface area (TPSA) is 96.7 Å². The van der Waals surface area contributed by atoms with E-state index in [1.54, 1.807) is 18.3 Å². The Morgan fingerprint density at radius 3 is 2.86 bits per heavy atom. The first kappa shape index (κ1) is 19.5. The fourth-order valence-corrected chi connectivity index (χ4v) is 3.93. The monoisotopic (exact) mass is 398 g/mol. The zero-order valence-electron chi connectivity index (χ0n) is 16.4. The molecular formula is C20H26N6O3. The number of nitrogens with one attached hydrogen (secondary N) is 1. The summed E-state index contributed by atoms with van der Waals surface area (Å²) in [4.78, 5) is 24.5. The molecule has 1 unspecified atom stereocenters. The minimum atomic E-state index is -0.303. The third kappa shape index (κ3) is 4.99. The van der Waals surface area contributed by atoms with Crippen LogP contribution in [0.25, 0.3) is 0 Å². The van der Waals surface area contributed by atoms with Gasteiger partial charge in [-0.1, -0.05) is 18.2 Å². The van der Waals surface area contributed by atoms with E-state index < -0.39 is 0 Å². The third-order valence-corrected chi connectivity index (χ3v) is 5.38. The Hall–Kier alpha value is -2.78. The molecule has 2 fully saturated rings. The van der Waals surface area contributed by atoms with Gasteiger partial charge in [-0.15, -0.1) is 0 Å². The largest absolute Gasteiger partial charge is 0.378 e. The highest BCUT2D eigenvalue weighted by Gasteiger charge is 2.23. The van der Waals surface area contributed by atoms with Crippen LogP contribution in [-0.2, 0) is 11.3 Å². The van der Waals surface area contributed by atoms with Crippen LogP contribution in [0.4, 0.5) is 17.5 Å². The van der Waals surface area contributed by atoms with Gasteiger partial charge >= 0.3 is 0 Å². The maximum Gasteiger partial charge on any atom is 0.273 e. The van der Waals surface area contributed by atoms with Crippen LogP contribution in [0.1, 0.15) is 18.4 Å². The van der Waals surface area contributed by atoms with Gasteiger partial charge in [0, 0.05) is 50.0 Å². The molecule has 154 valence electrons. The maximum atomic E-state index is 11.3. The van der Waals surface area contributed by atoms with Gasteiger partial charge in [0.25, 0.3) is 5.69 Å². The number of para-hydroxylation sites is 1. The summed E-state index contributed by atoms with van der Waals surface area (Å²) >= 11 is 0. The van der Waals surface area contributed by atoms with E-state index in [-0.39, 0.29) is 16.7 Å². The van der Waals surface area contributed by atoms with Gasteiger partial charge in [0.1, 0.15) is 5.82 Å². The molecule has 4 rings (SSSR count). The van der Waals surface area contributed by atoms with Crippen LogP contribution >= 0.6 is 0 Å². The van der Waals surface area contributed by atoms with Gasteiger partial charge in [-0.05, 0) is 25.5 Å². The Morgan fingerprint density at radius 1 is 1.21 bits per heavy atom. The second-order valence-electron chi connectivity index (χ2n) is 7.45.